The molecule has 1 aromatic heterocycles. The predicted octanol–water partition coefficient (Wildman–Crippen LogP) is 0.992. The minimum Gasteiger partial charge on any atom is -0.374 e. The van der Waals surface area contributed by atoms with Gasteiger partial charge >= 0.3 is 0 Å². The molecule has 0 spiro atoms. The lowest BCUT2D eigenvalue weighted by molar-refractivity contribution is -0.0469. The average molecular weight is 209 g/mol. The fraction of sp³-hybridized carbons (Fsp3) is 0.727. The molecule has 1 atom stereocenters. The lowest BCUT2D eigenvalue weighted by Gasteiger charge is -2.35. The van der Waals surface area contributed by atoms with Crippen molar-refractivity contribution in [1.29, 1.82) is 0 Å². The molecule has 1 saturated heterocycles. The van der Waals surface area contributed by atoms with Crippen molar-refractivity contribution < 1.29 is 4.74 Å². The number of hydrogen-bond acceptors (Lipinski definition) is 3. The maximum atomic E-state index is 5.73. The zero-order chi connectivity index (χ0) is 10.7. The third kappa shape index (κ3) is 2.79. The summed E-state index contributed by atoms with van der Waals surface area (Å²) in [6.07, 6.45) is 4.07. The van der Waals surface area contributed by atoms with Crippen molar-refractivity contribution >= 4 is 0 Å². The molecular weight excluding hydrogens is 190 g/mol. The van der Waals surface area contributed by atoms with Crippen LogP contribution in [-0.4, -0.2) is 46.5 Å². The molecule has 4 heteroatoms. The number of morpholine rings is 1. The molecule has 0 bridgehead atoms. The molecule has 0 saturated carbocycles. The number of aromatic nitrogens is 2. The fourth-order valence-electron chi connectivity index (χ4n) is 1.94. The average Bonchev–Trinajstić information content (AvgIpc) is 2.71. The van der Waals surface area contributed by atoms with Gasteiger partial charge in [-0.25, -0.2) is 0 Å². The van der Waals surface area contributed by atoms with Gasteiger partial charge in [0.25, 0.3) is 0 Å². The highest BCUT2D eigenvalue weighted by atomic mass is 16.5. The van der Waals surface area contributed by atoms with Gasteiger partial charge in [0.1, 0.15) is 0 Å². The topological polar surface area (TPSA) is 30.3 Å². The van der Waals surface area contributed by atoms with Gasteiger partial charge in [-0.05, 0) is 19.9 Å². The zero-order valence-corrected chi connectivity index (χ0v) is 9.47. The first-order valence-corrected chi connectivity index (χ1v) is 5.59. The van der Waals surface area contributed by atoms with Crippen molar-refractivity contribution in [2.24, 2.45) is 0 Å². The van der Waals surface area contributed by atoms with E-state index < -0.39 is 0 Å². The molecule has 2 rings (SSSR count). The van der Waals surface area contributed by atoms with E-state index in [0.29, 0.717) is 6.04 Å². The van der Waals surface area contributed by atoms with Gasteiger partial charge in [0.05, 0.1) is 19.3 Å². The minimum atomic E-state index is 0.279. The standard InChI is InChI=1S/C11H19N3O/c1-10(2)13-6-7-15-11(8-13)9-14-5-3-4-12-14/h3-5,10-11H,6-9H2,1-2H3. The van der Waals surface area contributed by atoms with Crippen LogP contribution in [-0.2, 0) is 11.3 Å². The molecule has 4 nitrogen and oxygen atoms in total. The van der Waals surface area contributed by atoms with Gasteiger partial charge in [-0.1, -0.05) is 0 Å². The van der Waals surface area contributed by atoms with Gasteiger partial charge in [-0.3, -0.25) is 9.58 Å². The van der Waals surface area contributed by atoms with E-state index in [2.05, 4.69) is 23.8 Å². The summed E-state index contributed by atoms with van der Waals surface area (Å²) in [5.41, 5.74) is 0. The van der Waals surface area contributed by atoms with Crippen LogP contribution in [0.5, 0.6) is 0 Å². The summed E-state index contributed by atoms with van der Waals surface area (Å²) in [6.45, 7) is 8.22. The molecule has 1 aliphatic rings. The first-order valence-electron chi connectivity index (χ1n) is 5.59. The molecule has 1 aliphatic heterocycles. The largest absolute Gasteiger partial charge is 0.374 e. The molecule has 1 unspecified atom stereocenters. The first-order chi connectivity index (χ1) is 7.25. The normalized spacial score (nSPS) is 23.5. The maximum Gasteiger partial charge on any atom is 0.0898 e. The van der Waals surface area contributed by atoms with Crippen molar-refractivity contribution in [3.63, 3.8) is 0 Å². The van der Waals surface area contributed by atoms with Crippen molar-refractivity contribution in [1.82, 2.24) is 14.7 Å². The Hall–Kier alpha value is -0.870. The quantitative estimate of drug-likeness (QED) is 0.743. The summed E-state index contributed by atoms with van der Waals surface area (Å²) >= 11 is 0. The summed E-state index contributed by atoms with van der Waals surface area (Å²) in [5, 5.41) is 4.20. The van der Waals surface area contributed by atoms with E-state index in [-0.39, 0.29) is 6.10 Å². The molecule has 0 radical (unpaired) electrons. The Morgan fingerprint density at radius 2 is 2.40 bits per heavy atom. The molecule has 1 fully saturated rings. The Balaban J connectivity index is 1.88. The highest BCUT2D eigenvalue weighted by Crippen LogP contribution is 2.10. The fourth-order valence-corrected chi connectivity index (χ4v) is 1.94. The monoisotopic (exact) mass is 209 g/mol. The van der Waals surface area contributed by atoms with E-state index in [9.17, 15) is 0 Å². The van der Waals surface area contributed by atoms with Gasteiger partial charge in [0.15, 0.2) is 0 Å². The van der Waals surface area contributed by atoms with Gasteiger partial charge in [0.2, 0.25) is 0 Å². The summed E-state index contributed by atoms with van der Waals surface area (Å²) in [4.78, 5) is 2.46. The number of nitrogens with zero attached hydrogens (tertiary/aromatic N) is 3. The van der Waals surface area contributed by atoms with E-state index in [1.54, 1.807) is 0 Å². The zero-order valence-electron chi connectivity index (χ0n) is 9.47. The smallest absolute Gasteiger partial charge is 0.0898 e. The van der Waals surface area contributed by atoms with Crippen LogP contribution in [0.4, 0.5) is 0 Å². The Kier molecular flexibility index (Phi) is 3.38. The molecule has 0 N–H and O–H groups in total. The van der Waals surface area contributed by atoms with Crippen LogP contribution in [0, 0.1) is 0 Å². The van der Waals surface area contributed by atoms with Crippen LogP contribution >= 0.6 is 0 Å². The second-order valence-corrected chi connectivity index (χ2v) is 4.31. The highest BCUT2D eigenvalue weighted by molar-refractivity contribution is 4.80. The van der Waals surface area contributed by atoms with Gasteiger partial charge < -0.3 is 4.74 Å². The molecule has 84 valence electrons. The summed E-state index contributed by atoms with van der Waals surface area (Å²) in [5.74, 6) is 0. The Labute approximate surface area is 90.8 Å². The third-order valence-electron chi connectivity index (χ3n) is 2.85. The van der Waals surface area contributed by atoms with Crippen LogP contribution in [0.2, 0.25) is 0 Å². The van der Waals surface area contributed by atoms with Crippen LogP contribution in [0.3, 0.4) is 0 Å². The molecular formula is C11H19N3O. The second-order valence-electron chi connectivity index (χ2n) is 4.31. The SMILES string of the molecule is CC(C)N1CCOC(Cn2cccn2)C1. The second kappa shape index (κ2) is 4.77. The van der Waals surface area contributed by atoms with Crippen molar-refractivity contribution in [2.45, 2.75) is 32.5 Å². The Morgan fingerprint density at radius 1 is 1.53 bits per heavy atom. The molecule has 15 heavy (non-hydrogen) atoms. The minimum absolute atomic E-state index is 0.279. The molecule has 2 heterocycles. The molecule has 0 aliphatic carbocycles. The van der Waals surface area contributed by atoms with Gasteiger partial charge in [-0.2, -0.15) is 5.10 Å². The summed E-state index contributed by atoms with van der Waals surface area (Å²) in [6, 6.07) is 2.55. The van der Waals surface area contributed by atoms with Crippen LogP contribution in [0.15, 0.2) is 18.5 Å². The lowest BCUT2D eigenvalue weighted by Crippen LogP contribution is -2.47. The molecule has 1 aromatic rings. The Morgan fingerprint density at radius 3 is 3.07 bits per heavy atom. The van der Waals surface area contributed by atoms with E-state index >= 15 is 0 Å². The van der Waals surface area contributed by atoms with E-state index in [1.807, 2.05) is 23.1 Å². The molecule has 0 amide bonds. The first kappa shape index (κ1) is 10.6. The van der Waals surface area contributed by atoms with Crippen molar-refractivity contribution in [3.05, 3.63) is 18.5 Å². The van der Waals surface area contributed by atoms with Crippen molar-refractivity contribution in [3.8, 4) is 0 Å². The van der Waals surface area contributed by atoms with E-state index in [4.69, 9.17) is 4.74 Å². The Bertz CT molecular complexity index is 284. The van der Waals surface area contributed by atoms with Crippen LogP contribution in [0.1, 0.15) is 13.8 Å². The van der Waals surface area contributed by atoms with Gasteiger partial charge in [0, 0.05) is 31.5 Å². The van der Waals surface area contributed by atoms with Crippen LogP contribution < -0.4 is 0 Å². The lowest BCUT2D eigenvalue weighted by atomic mass is 10.2. The maximum absolute atomic E-state index is 5.73. The van der Waals surface area contributed by atoms with E-state index in [0.717, 1.165) is 26.2 Å². The van der Waals surface area contributed by atoms with Crippen LogP contribution in [0.25, 0.3) is 0 Å². The predicted molar refractivity (Wildman–Crippen MR) is 58.7 cm³/mol. The van der Waals surface area contributed by atoms with Crippen molar-refractivity contribution in [2.75, 3.05) is 19.7 Å². The summed E-state index contributed by atoms with van der Waals surface area (Å²) in [7, 11) is 0. The number of rotatable bonds is 3. The third-order valence-corrected chi connectivity index (χ3v) is 2.85. The number of ether oxygens (including phenoxy) is 1. The highest BCUT2D eigenvalue weighted by Gasteiger charge is 2.22. The summed E-state index contributed by atoms with van der Waals surface area (Å²) < 4.78 is 7.67. The van der Waals surface area contributed by atoms with Gasteiger partial charge in [-0.15, -0.1) is 0 Å². The number of hydrogen-bond donors (Lipinski definition) is 0. The van der Waals surface area contributed by atoms with E-state index in [1.165, 1.54) is 0 Å². The molecule has 0 aromatic carbocycles.